The maximum Gasteiger partial charge on any atom is 0.152 e. The number of nitrogens with zero attached hydrogens (tertiary/aromatic N) is 3. The Hall–Kier alpha value is -1.68. The predicted octanol–water partition coefficient (Wildman–Crippen LogP) is 0.256. The maximum atomic E-state index is 11.3. The molecule has 17 heavy (non-hydrogen) atoms. The van der Waals surface area contributed by atoms with E-state index in [1.807, 2.05) is 6.07 Å². The van der Waals surface area contributed by atoms with Crippen LogP contribution >= 0.6 is 0 Å². The maximum absolute atomic E-state index is 11.3. The fourth-order valence-electron chi connectivity index (χ4n) is 1.82. The van der Waals surface area contributed by atoms with Gasteiger partial charge in [0.05, 0.1) is 11.5 Å². The van der Waals surface area contributed by atoms with Crippen molar-refractivity contribution in [2.45, 2.75) is 19.4 Å². The first kappa shape index (κ1) is 11.8. The molecule has 1 N–H and O–H groups in total. The van der Waals surface area contributed by atoms with Gasteiger partial charge in [-0.3, -0.25) is 0 Å². The second-order valence-electron chi connectivity index (χ2n) is 4.04. The smallest absolute Gasteiger partial charge is 0.152 e. The van der Waals surface area contributed by atoms with Gasteiger partial charge >= 0.3 is 0 Å². The number of aryl methyl sites for hydroxylation is 1. The highest BCUT2D eigenvalue weighted by atomic mass is 32.2. The van der Waals surface area contributed by atoms with Crippen molar-refractivity contribution in [3.05, 3.63) is 17.6 Å². The highest BCUT2D eigenvalue weighted by Crippen LogP contribution is 2.16. The number of nitrogens with one attached hydrogen (secondary N) is 1. The molecule has 1 atom stereocenters. The quantitative estimate of drug-likeness (QED) is 0.810. The van der Waals surface area contributed by atoms with Crippen molar-refractivity contribution in [2.24, 2.45) is 0 Å². The highest BCUT2D eigenvalue weighted by molar-refractivity contribution is 7.91. The zero-order chi connectivity index (χ0) is 12.5. The molecule has 0 bridgehead atoms. The van der Waals surface area contributed by atoms with Gasteiger partial charge in [-0.2, -0.15) is 5.26 Å². The SMILES string of the molecule is Cc1nc(C#N)cc(NC2CCS(=O)(=O)C2)n1. The van der Waals surface area contributed by atoms with Crippen molar-refractivity contribution in [3.8, 4) is 6.07 Å². The standard InChI is InChI=1S/C10H12N4O2S/c1-7-12-9(5-11)4-10(13-7)14-8-2-3-17(15,16)6-8/h4,8H,2-3,6H2,1H3,(H,12,13,14). The number of rotatable bonds is 2. The van der Waals surface area contributed by atoms with E-state index in [4.69, 9.17) is 5.26 Å². The van der Waals surface area contributed by atoms with Crippen LogP contribution < -0.4 is 5.32 Å². The van der Waals surface area contributed by atoms with Gasteiger partial charge in [0.15, 0.2) is 9.84 Å². The summed E-state index contributed by atoms with van der Waals surface area (Å²) in [5, 5.41) is 11.8. The lowest BCUT2D eigenvalue weighted by atomic mass is 10.2. The molecular weight excluding hydrogens is 240 g/mol. The number of aromatic nitrogens is 2. The van der Waals surface area contributed by atoms with Crippen LogP contribution in [0.5, 0.6) is 0 Å². The van der Waals surface area contributed by atoms with Crippen LogP contribution in [-0.2, 0) is 9.84 Å². The van der Waals surface area contributed by atoms with Gasteiger partial charge in [-0.25, -0.2) is 18.4 Å². The lowest BCUT2D eigenvalue weighted by Crippen LogP contribution is -2.21. The lowest BCUT2D eigenvalue weighted by molar-refractivity contribution is 0.602. The molecule has 90 valence electrons. The van der Waals surface area contributed by atoms with Crippen LogP contribution in [0.25, 0.3) is 0 Å². The van der Waals surface area contributed by atoms with E-state index in [2.05, 4.69) is 15.3 Å². The molecule has 1 aliphatic heterocycles. The minimum absolute atomic E-state index is 0.123. The fraction of sp³-hybridized carbons (Fsp3) is 0.500. The summed E-state index contributed by atoms with van der Waals surface area (Å²) in [6.07, 6.45) is 0.577. The van der Waals surface area contributed by atoms with Gasteiger partial charge in [0, 0.05) is 12.1 Å². The number of hydrogen-bond donors (Lipinski definition) is 1. The van der Waals surface area contributed by atoms with E-state index in [1.165, 1.54) is 6.07 Å². The lowest BCUT2D eigenvalue weighted by Gasteiger charge is -2.11. The second kappa shape index (κ2) is 4.30. The molecule has 0 aliphatic carbocycles. The summed E-state index contributed by atoms with van der Waals surface area (Å²) in [4.78, 5) is 8.05. The third-order valence-electron chi connectivity index (χ3n) is 2.54. The summed E-state index contributed by atoms with van der Waals surface area (Å²) in [6, 6.07) is 3.34. The summed E-state index contributed by atoms with van der Waals surface area (Å²) >= 11 is 0. The van der Waals surface area contributed by atoms with Crippen molar-refractivity contribution in [2.75, 3.05) is 16.8 Å². The molecule has 2 rings (SSSR count). The first-order valence-corrected chi connectivity index (χ1v) is 7.03. The van der Waals surface area contributed by atoms with Gasteiger partial charge in [0.1, 0.15) is 23.4 Å². The van der Waals surface area contributed by atoms with Crippen molar-refractivity contribution >= 4 is 15.7 Å². The Balaban J connectivity index is 2.15. The number of sulfone groups is 1. The second-order valence-corrected chi connectivity index (χ2v) is 6.27. The van der Waals surface area contributed by atoms with E-state index < -0.39 is 9.84 Å². The van der Waals surface area contributed by atoms with Crippen molar-refractivity contribution in [3.63, 3.8) is 0 Å². The molecule has 0 amide bonds. The van der Waals surface area contributed by atoms with Gasteiger partial charge < -0.3 is 5.32 Å². The molecular formula is C10H12N4O2S. The molecule has 1 saturated heterocycles. The molecule has 0 spiro atoms. The van der Waals surface area contributed by atoms with Gasteiger partial charge in [-0.1, -0.05) is 0 Å². The summed E-state index contributed by atoms with van der Waals surface area (Å²) < 4.78 is 22.6. The first-order chi connectivity index (χ1) is 7.98. The molecule has 7 heteroatoms. The van der Waals surface area contributed by atoms with E-state index in [0.717, 1.165) is 0 Å². The molecule has 1 unspecified atom stereocenters. The zero-order valence-corrected chi connectivity index (χ0v) is 10.2. The van der Waals surface area contributed by atoms with Crippen LogP contribution in [0, 0.1) is 18.3 Å². The van der Waals surface area contributed by atoms with Crippen molar-refractivity contribution < 1.29 is 8.42 Å². The molecule has 1 aromatic rings. The van der Waals surface area contributed by atoms with Crippen LogP contribution in [0.15, 0.2) is 6.07 Å². The van der Waals surface area contributed by atoms with Crippen LogP contribution in [0.3, 0.4) is 0 Å². The average Bonchev–Trinajstić information content (AvgIpc) is 2.57. The van der Waals surface area contributed by atoms with Crippen LogP contribution in [0.1, 0.15) is 17.9 Å². The minimum atomic E-state index is -2.91. The zero-order valence-electron chi connectivity index (χ0n) is 9.34. The molecule has 0 radical (unpaired) electrons. The number of anilines is 1. The van der Waals surface area contributed by atoms with Crippen LogP contribution in [0.2, 0.25) is 0 Å². The normalized spacial score (nSPS) is 22.0. The molecule has 2 heterocycles. The summed E-state index contributed by atoms with van der Waals surface area (Å²) in [5.74, 6) is 1.33. The first-order valence-electron chi connectivity index (χ1n) is 5.21. The molecule has 0 saturated carbocycles. The van der Waals surface area contributed by atoms with E-state index in [1.54, 1.807) is 6.92 Å². The van der Waals surface area contributed by atoms with Gasteiger partial charge in [0.25, 0.3) is 0 Å². The van der Waals surface area contributed by atoms with Gasteiger partial charge in [0.2, 0.25) is 0 Å². The van der Waals surface area contributed by atoms with Crippen LogP contribution in [-0.4, -0.2) is 35.9 Å². The van der Waals surface area contributed by atoms with Crippen molar-refractivity contribution in [1.29, 1.82) is 5.26 Å². The topological polar surface area (TPSA) is 95.7 Å². The van der Waals surface area contributed by atoms with E-state index >= 15 is 0 Å². The summed E-state index contributed by atoms with van der Waals surface area (Å²) in [6.45, 7) is 1.69. The Bertz CT molecular complexity index is 576. The predicted molar refractivity (Wildman–Crippen MR) is 62.2 cm³/mol. The molecule has 6 nitrogen and oxygen atoms in total. The highest BCUT2D eigenvalue weighted by Gasteiger charge is 2.27. The van der Waals surface area contributed by atoms with E-state index in [9.17, 15) is 8.42 Å². The molecule has 0 aromatic carbocycles. The summed E-state index contributed by atoms with van der Waals surface area (Å²) in [7, 11) is -2.91. The Labute approximate surface area is 99.6 Å². The fourth-order valence-corrected chi connectivity index (χ4v) is 3.49. The number of hydrogen-bond acceptors (Lipinski definition) is 6. The Morgan fingerprint density at radius 1 is 1.53 bits per heavy atom. The van der Waals surface area contributed by atoms with E-state index in [-0.39, 0.29) is 23.2 Å². The Kier molecular flexibility index (Phi) is 2.98. The molecule has 1 fully saturated rings. The van der Waals surface area contributed by atoms with Gasteiger partial charge in [-0.05, 0) is 13.3 Å². The van der Waals surface area contributed by atoms with E-state index in [0.29, 0.717) is 18.1 Å². The third-order valence-corrected chi connectivity index (χ3v) is 4.30. The molecule has 1 aliphatic rings. The van der Waals surface area contributed by atoms with Crippen LogP contribution in [0.4, 0.5) is 5.82 Å². The third kappa shape index (κ3) is 2.91. The average molecular weight is 252 g/mol. The Morgan fingerprint density at radius 2 is 2.29 bits per heavy atom. The minimum Gasteiger partial charge on any atom is -0.366 e. The largest absolute Gasteiger partial charge is 0.366 e. The van der Waals surface area contributed by atoms with Gasteiger partial charge in [-0.15, -0.1) is 0 Å². The number of nitriles is 1. The monoisotopic (exact) mass is 252 g/mol. The summed E-state index contributed by atoms with van der Waals surface area (Å²) in [5.41, 5.74) is 0.279. The molecule has 1 aromatic heterocycles. The van der Waals surface area contributed by atoms with Crippen molar-refractivity contribution in [1.82, 2.24) is 9.97 Å². The Morgan fingerprint density at radius 3 is 2.88 bits per heavy atom.